The van der Waals surface area contributed by atoms with Crippen molar-refractivity contribution in [1.82, 2.24) is 0 Å². The topological polar surface area (TPSA) is 73.6 Å². The van der Waals surface area contributed by atoms with E-state index in [1.165, 1.54) is 18.2 Å². The monoisotopic (exact) mass is 253 g/mol. The molecule has 1 aliphatic carbocycles. The molecule has 0 spiro atoms. The van der Waals surface area contributed by atoms with Gasteiger partial charge in [0.25, 0.3) is 6.02 Å². The highest BCUT2D eigenvalue weighted by Crippen LogP contribution is 2.53. The largest absolute Gasteiger partial charge is 0.462 e. The van der Waals surface area contributed by atoms with E-state index in [-0.39, 0.29) is 23.6 Å². The molecule has 4 N–H and O–H groups in total. The molecule has 0 amide bonds. The number of nitrogen functional groups attached to an aromatic ring is 1. The molecule has 1 fully saturated rings. The van der Waals surface area contributed by atoms with Crippen molar-refractivity contribution in [3.63, 3.8) is 0 Å². The third kappa shape index (κ3) is 1.45. The van der Waals surface area contributed by atoms with Crippen molar-refractivity contribution in [2.24, 2.45) is 16.6 Å². The number of aliphatic imine (C=N–C) groups is 1. The zero-order valence-electron chi connectivity index (χ0n) is 9.57. The van der Waals surface area contributed by atoms with Gasteiger partial charge in [-0.2, -0.15) is 0 Å². The molecule has 0 bridgehead atoms. The first-order valence-corrected chi connectivity index (χ1v) is 5.70. The molecule has 3 rings (SSSR count). The van der Waals surface area contributed by atoms with Crippen LogP contribution in [0.4, 0.5) is 14.5 Å². The van der Waals surface area contributed by atoms with Crippen LogP contribution in [0.3, 0.4) is 0 Å². The second-order valence-electron chi connectivity index (χ2n) is 4.75. The molecule has 1 unspecified atom stereocenters. The summed E-state index contributed by atoms with van der Waals surface area (Å²) in [7, 11) is 0. The maximum Gasteiger partial charge on any atom is 0.283 e. The Hall–Kier alpha value is -1.85. The minimum absolute atomic E-state index is 0.0896. The van der Waals surface area contributed by atoms with E-state index < -0.39 is 18.0 Å². The van der Waals surface area contributed by atoms with Crippen LogP contribution in [-0.4, -0.2) is 18.8 Å². The molecule has 1 aliphatic heterocycles. The molecule has 4 nitrogen and oxygen atoms in total. The standard InChI is InChI=1S/C12H13F2N3O/c13-5-12(7-3-6(15)1-2-9(7)14)8-4-10(8)18-11(16)17-12/h1-3,8,10H,4-5,15H2,(H2,16,17)/t8-,10?,12+/m0/s1. The summed E-state index contributed by atoms with van der Waals surface area (Å²) in [6.45, 7) is -0.821. The Balaban J connectivity index is 2.16. The Morgan fingerprint density at radius 1 is 1.44 bits per heavy atom. The van der Waals surface area contributed by atoms with E-state index in [2.05, 4.69) is 4.99 Å². The molecule has 3 atom stereocenters. The first kappa shape index (κ1) is 11.3. The van der Waals surface area contributed by atoms with Crippen LogP contribution in [0, 0.1) is 11.7 Å². The zero-order valence-corrected chi connectivity index (χ0v) is 9.57. The van der Waals surface area contributed by atoms with E-state index in [9.17, 15) is 8.78 Å². The van der Waals surface area contributed by atoms with Crippen molar-refractivity contribution in [3.05, 3.63) is 29.6 Å². The lowest BCUT2D eigenvalue weighted by Crippen LogP contribution is -2.39. The molecular weight excluding hydrogens is 240 g/mol. The van der Waals surface area contributed by atoms with E-state index in [4.69, 9.17) is 16.2 Å². The molecule has 0 saturated heterocycles. The summed E-state index contributed by atoms with van der Waals surface area (Å²) >= 11 is 0. The summed E-state index contributed by atoms with van der Waals surface area (Å²) in [5.74, 6) is -0.697. The summed E-state index contributed by atoms with van der Waals surface area (Å²) in [4.78, 5) is 4.03. The van der Waals surface area contributed by atoms with Crippen LogP contribution in [0.5, 0.6) is 0 Å². The molecule has 2 aliphatic rings. The van der Waals surface area contributed by atoms with Crippen molar-refractivity contribution < 1.29 is 13.5 Å². The van der Waals surface area contributed by atoms with Gasteiger partial charge in [0.05, 0.1) is 0 Å². The van der Waals surface area contributed by atoms with E-state index in [1.807, 2.05) is 0 Å². The summed E-state index contributed by atoms with van der Waals surface area (Å²) < 4.78 is 32.7. The Kier molecular flexibility index (Phi) is 2.23. The fourth-order valence-electron chi connectivity index (χ4n) is 2.60. The smallest absolute Gasteiger partial charge is 0.283 e. The number of hydrogen-bond donors (Lipinski definition) is 2. The number of ether oxygens (including phenoxy) is 1. The highest BCUT2D eigenvalue weighted by molar-refractivity contribution is 5.74. The average Bonchev–Trinajstić information content (AvgIpc) is 3.10. The Bertz CT molecular complexity index is 534. The summed E-state index contributed by atoms with van der Waals surface area (Å²) in [6, 6.07) is 3.99. The predicted octanol–water partition coefficient (Wildman–Crippen LogP) is 1.31. The number of anilines is 1. The van der Waals surface area contributed by atoms with Crippen LogP contribution in [0.15, 0.2) is 23.2 Å². The number of hydrogen-bond acceptors (Lipinski definition) is 4. The van der Waals surface area contributed by atoms with Gasteiger partial charge < -0.3 is 16.2 Å². The minimum atomic E-state index is -1.29. The third-order valence-electron chi connectivity index (χ3n) is 3.59. The first-order chi connectivity index (χ1) is 8.56. The van der Waals surface area contributed by atoms with Gasteiger partial charge in [0.1, 0.15) is 24.1 Å². The number of halogens is 2. The Morgan fingerprint density at radius 3 is 2.94 bits per heavy atom. The van der Waals surface area contributed by atoms with Crippen LogP contribution in [0.25, 0.3) is 0 Å². The quantitative estimate of drug-likeness (QED) is 0.780. The van der Waals surface area contributed by atoms with Gasteiger partial charge in [0, 0.05) is 17.2 Å². The van der Waals surface area contributed by atoms with Gasteiger partial charge in [-0.15, -0.1) is 0 Å². The molecule has 0 radical (unpaired) electrons. The average molecular weight is 253 g/mol. The first-order valence-electron chi connectivity index (χ1n) is 5.70. The number of fused-ring (bicyclic) bond motifs is 1. The molecule has 1 aromatic carbocycles. The predicted molar refractivity (Wildman–Crippen MR) is 63.1 cm³/mol. The molecule has 6 heteroatoms. The van der Waals surface area contributed by atoms with Crippen LogP contribution in [0.1, 0.15) is 12.0 Å². The fraction of sp³-hybridized carbons (Fsp3) is 0.417. The molecule has 1 aromatic rings. The second-order valence-corrected chi connectivity index (χ2v) is 4.75. The maximum absolute atomic E-state index is 13.9. The molecule has 1 saturated carbocycles. The normalized spacial score (nSPS) is 33.3. The van der Waals surface area contributed by atoms with Crippen LogP contribution in [-0.2, 0) is 10.3 Å². The SMILES string of the molecule is NC1=N[C@](CF)(c2cc(N)ccc2F)[C@H]2CC2O1. The lowest BCUT2D eigenvalue weighted by Gasteiger charge is -2.31. The van der Waals surface area contributed by atoms with Crippen molar-refractivity contribution in [2.45, 2.75) is 18.1 Å². The molecular formula is C12H13F2N3O. The number of rotatable bonds is 2. The van der Waals surface area contributed by atoms with Crippen molar-refractivity contribution in [1.29, 1.82) is 0 Å². The fourth-order valence-corrected chi connectivity index (χ4v) is 2.60. The van der Waals surface area contributed by atoms with Crippen LogP contribution < -0.4 is 11.5 Å². The van der Waals surface area contributed by atoms with Crippen molar-refractivity contribution in [3.8, 4) is 0 Å². The van der Waals surface area contributed by atoms with Gasteiger partial charge in [-0.3, -0.25) is 0 Å². The van der Waals surface area contributed by atoms with Crippen LogP contribution in [0.2, 0.25) is 0 Å². The second kappa shape index (κ2) is 3.57. The van der Waals surface area contributed by atoms with E-state index in [0.29, 0.717) is 12.1 Å². The van der Waals surface area contributed by atoms with Gasteiger partial charge in [0.15, 0.2) is 0 Å². The van der Waals surface area contributed by atoms with E-state index in [0.717, 1.165) is 0 Å². The third-order valence-corrected chi connectivity index (χ3v) is 3.59. The summed E-state index contributed by atoms with van der Waals surface area (Å²) in [5.41, 5.74) is 10.4. The van der Waals surface area contributed by atoms with Gasteiger partial charge in [-0.25, -0.2) is 13.8 Å². The van der Waals surface area contributed by atoms with Gasteiger partial charge in [-0.05, 0) is 24.6 Å². The van der Waals surface area contributed by atoms with E-state index >= 15 is 0 Å². The van der Waals surface area contributed by atoms with Gasteiger partial charge in [-0.1, -0.05) is 0 Å². The maximum atomic E-state index is 13.9. The number of amidine groups is 1. The van der Waals surface area contributed by atoms with E-state index in [1.54, 1.807) is 0 Å². The van der Waals surface area contributed by atoms with Crippen molar-refractivity contribution >= 4 is 11.7 Å². The number of nitrogens with zero attached hydrogens (tertiary/aromatic N) is 1. The Morgan fingerprint density at radius 2 is 2.22 bits per heavy atom. The number of benzene rings is 1. The minimum Gasteiger partial charge on any atom is -0.462 e. The van der Waals surface area contributed by atoms with Crippen LogP contribution >= 0.6 is 0 Å². The number of alkyl halides is 1. The molecule has 96 valence electrons. The van der Waals surface area contributed by atoms with Gasteiger partial charge in [0.2, 0.25) is 0 Å². The lowest BCUT2D eigenvalue weighted by atomic mass is 9.85. The lowest BCUT2D eigenvalue weighted by molar-refractivity contribution is 0.168. The van der Waals surface area contributed by atoms with Crippen molar-refractivity contribution in [2.75, 3.05) is 12.4 Å². The highest BCUT2D eigenvalue weighted by Gasteiger charge is 2.59. The molecule has 18 heavy (non-hydrogen) atoms. The van der Waals surface area contributed by atoms with Gasteiger partial charge >= 0.3 is 0 Å². The summed E-state index contributed by atoms with van der Waals surface area (Å²) in [6.07, 6.45) is 0.460. The zero-order chi connectivity index (χ0) is 12.9. The molecule has 1 heterocycles. The summed E-state index contributed by atoms with van der Waals surface area (Å²) in [5, 5.41) is 0. The highest BCUT2D eigenvalue weighted by atomic mass is 19.1. The Labute approximate surface area is 103 Å². The molecule has 0 aromatic heterocycles. The number of nitrogens with two attached hydrogens (primary N) is 2.